The summed E-state index contributed by atoms with van der Waals surface area (Å²) >= 11 is 0. The standard InChI is InChI=1S/C34H58O4/c1-10-31(35)36-22-23-37-32-27(6)28(7)33-30(29(32)8)19-21-34(9,38-33)20-13-18-26(5)17-12-16-25(4)15-11-14-24(2)3/h24-26H,10-23H2,1-9H3/t25-,26-,34-/m1/s1. The van der Waals surface area contributed by atoms with Crippen molar-refractivity contribution in [1.29, 1.82) is 0 Å². The molecule has 0 saturated carbocycles. The number of ether oxygens (including phenoxy) is 3. The van der Waals surface area contributed by atoms with Crippen LogP contribution in [0.15, 0.2) is 0 Å². The summed E-state index contributed by atoms with van der Waals surface area (Å²) in [5.74, 6) is 4.30. The van der Waals surface area contributed by atoms with E-state index >= 15 is 0 Å². The molecule has 2 rings (SSSR count). The number of esters is 1. The Morgan fingerprint density at radius 1 is 0.868 bits per heavy atom. The number of hydrogen-bond donors (Lipinski definition) is 0. The van der Waals surface area contributed by atoms with Crippen molar-refractivity contribution in [3.63, 3.8) is 0 Å². The van der Waals surface area contributed by atoms with Crippen LogP contribution in [0.25, 0.3) is 0 Å². The second kappa shape index (κ2) is 15.8. The summed E-state index contributed by atoms with van der Waals surface area (Å²) in [6.45, 7) is 20.7. The van der Waals surface area contributed by atoms with Crippen LogP contribution in [0.3, 0.4) is 0 Å². The van der Waals surface area contributed by atoms with Crippen molar-refractivity contribution < 1.29 is 19.0 Å². The molecule has 0 fully saturated rings. The van der Waals surface area contributed by atoms with E-state index < -0.39 is 0 Å². The predicted octanol–water partition coefficient (Wildman–Crippen LogP) is 9.47. The van der Waals surface area contributed by atoms with E-state index in [9.17, 15) is 4.79 Å². The van der Waals surface area contributed by atoms with Gasteiger partial charge in [-0.2, -0.15) is 0 Å². The Kier molecular flexibility index (Phi) is 13.5. The minimum atomic E-state index is -0.187. The third-order valence-corrected chi connectivity index (χ3v) is 8.72. The third kappa shape index (κ3) is 10.1. The number of hydrogen-bond acceptors (Lipinski definition) is 4. The van der Waals surface area contributed by atoms with Crippen LogP contribution in [-0.4, -0.2) is 24.8 Å². The SMILES string of the molecule is CCC(=O)OCCOc1c(C)c(C)c2c(c1C)CC[C@@](C)(CCC[C@H](C)CCC[C@H](C)CCCC(C)C)O2. The lowest BCUT2D eigenvalue weighted by Crippen LogP contribution is -2.37. The monoisotopic (exact) mass is 530 g/mol. The van der Waals surface area contributed by atoms with Crippen molar-refractivity contribution in [2.24, 2.45) is 17.8 Å². The molecule has 1 aliphatic rings. The summed E-state index contributed by atoms with van der Waals surface area (Å²) in [6, 6.07) is 0. The topological polar surface area (TPSA) is 44.8 Å². The van der Waals surface area contributed by atoms with Crippen LogP contribution in [-0.2, 0) is 16.0 Å². The average molecular weight is 531 g/mol. The maximum atomic E-state index is 11.4. The molecule has 0 aliphatic carbocycles. The maximum Gasteiger partial charge on any atom is 0.305 e. The minimum Gasteiger partial charge on any atom is -0.489 e. The van der Waals surface area contributed by atoms with E-state index in [1.165, 1.54) is 68.1 Å². The van der Waals surface area contributed by atoms with Gasteiger partial charge in [-0.3, -0.25) is 4.79 Å². The van der Waals surface area contributed by atoms with Crippen molar-refractivity contribution in [3.05, 3.63) is 22.3 Å². The van der Waals surface area contributed by atoms with Gasteiger partial charge in [0.1, 0.15) is 30.3 Å². The Labute approximate surface area is 234 Å². The normalized spacial score (nSPS) is 18.6. The Morgan fingerprint density at radius 2 is 1.47 bits per heavy atom. The second-order valence-electron chi connectivity index (χ2n) is 12.8. The van der Waals surface area contributed by atoms with Gasteiger partial charge in [0, 0.05) is 12.0 Å². The molecule has 218 valence electrons. The van der Waals surface area contributed by atoms with Gasteiger partial charge in [0.2, 0.25) is 0 Å². The summed E-state index contributed by atoms with van der Waals surface area (Å²) in [5.41, 5.74) is 4.64. The zero-order valence-corrected chi connectivity index (χ0v) is 26.3. The van der Waals surface area contributed by atoms with Gasteiger partial charge in [0.05, 0.1) is 0 Å². The first-order valence-electron chi connectivity index (χ1n) is 15.6. The van der Waals surface area contributed by atoms with Crippen LogP contribution >= 0.6 is 0 Å². The number of benzene rings is 1. The molecule has 0 spiro atoms. The Bertz CT molecular complexity index is 874. The second-order valence-corrected chi connectivity index (χ2v) is 12.8. The molecule has 0 radical (unpaired) electrons. The van der Waals surface area contributed by atoms with E-state index in [0.29, 0.717) is 13.0 Å². The molecule has 1 aromatic rings. The molecular formula is C34H58O4. The van der Waals surface area contributed by atoms with Crippen molar-refractivity contribution >= 4 is 5.97 Å². The van der Waals surface area contributed by atoms with Crippen LogP contribution < -0.4 is 9.47 Å². The molecule has 38 heavy (non-hydrogen) atoms. The van der Waals surface area contributed by atoms with Gasteiger partial charge in [-0.15, -0.1) is 0 Å². The minimum absolute atomic E-state index is 0.0992. The number of carbonyl (C=O) groups is 1. The zero-order valence-electron chi connectivity index (χ0n) is 26.3. The lowest BCUT2D eigenvalue weighted by molar-refractivity contribution is -0.143. The molecule has 0 bridgehead atoms. The summed E-state index contributed by atoms with van der Waals surface area (Å²) < 4.78 is 18.0. The molecule has 0 N–H and O–H groups in total. The van der Waals surface area contributed by atoms with Gasteiger partial charge in [0.15, 0.2) is 0 Å². The molecule has 0 aromatic heterocycles. The van der Waals surface area contributed by atoms with Gasteiger partial charge < -0.3 is 14.2 Å². The van der Waals surface area contributed by atoms with E-state index in [-0.39, 0.29) is 18.2 Å². The largest absolute Gasteiger partial charge is 0.489 e. The fourth-order valence-corrected chi connectivity index (χ4v) is 5.88. The predicted molar refractivity (Wildman–Crippen MR) is 159 cm³/mol. The van der Waals surface area contributed by atoms with Gasteiger partial charge in [0.25, 0.3) is 0 Å². The molecule has 1 heterocycles. The lowest BCUT2D eigenvalue weighted by atomic mass is 9.83. The van der Waals surface area contributed by atoms with E-state index in [1.807, 2.05) is 0 Å². The Morgan fingerprint density at radius 3 is 2.08 bits per heavy atom. The molecule has 1 aromatic carbocycles. The molecule has 1 aliphatic heterocycles. The van der Waals surface area contributed by atoms with Crippen LogP contribution in [0.5, 0.6) is 11.5 Å². The third-order valence-electron chi connectivity index (χ3n) is 8.72. The highest BCUT2D eigenvalue weighted by molar-refractivity contribution is 5.68. The van der Waals surface area contributed by atoms with Crippen molar-refractivity contribution in [3.8, 4) is 11.5 Å². The Balaban J connectivity index is 1.82. The van der Waals surface area contributed by atoms with E-state index in [1.54, 1.807) is 6.92 Å². The van der Waals surface area contributed by atoms with Crippen LogP contribution in [0.2, 0.25) is 0 Å². The van der Waals surface area contributed by atoms with Crippen LogP contribution in [0, 0.1) is 38.5 Å². The molecule has 0 unspecified atom stereocenters. The smallest absolute Gasteiger partial charge is 0.305 e. The van der Waals surface area contributed by atoms with E-state index in [2.05, 4.69) is 55.4 Å². The summed E-state index contributed by atoms with van der Waals surface area (Å²) in [4.78, 5) is 11.4. The molecular weight excluding hydrogens is 472 g/mol. The van der Waals surface area contributed by atoms with E-state index in [4.69, 9.17) is 14.2 Å². The highest BCUT2D eigenvalue weighted by atomic mass is 16.6. The summed E-state index contributed by atoms with van der Waals surface area (Å²) in [7, 11) is 0. The zero-order chi connectivity index (χ0) is 28.3. The first-order chi connectivity index (χ1) is 18.0. The first-order valence-corrected chi connectivity index (χ1v) is 15.6. The number of fused-ring (bicyclic) bond motifs is 1. The highest BCUT2D eigenvalue weighted by Gasteiger charge is 2.34. The first kappa shape index (κ1) is 32.5. The lowest BCUT2D eigenvalue weighted by Gasteiger charge is -2.38. The number of carbonyl (C=O) groups excluding carboxylic acids is 1. The van der Waals surface area contributed by atoms with Crippen molar-refractivity contribution in [2.75, 3.05) is 13.2 Å². The van der Waals surface area contributed by atoms with Crippen molar-refractivity contribution in [1.82, 2.24) is 0 Å². The van der Waals surface area contributed by atoms with Crippen molar-refractivity contribution in [2.45, 2.75) is 145 Å². The fraction of sp³-hybridized carbons (Fsp3) is 0.794. The van der Waals surface area contributed by atoms with Gasteiger partial charge >= 0.3 is 5.97 Å². The summed E-state index contributed by atoms with van der Waals surface area (Å²) in [5, 5.41) is 0. The molecule has 4 nitrogen and oxygen atoms in total. The fourth-order valence-electron chi connectivity index (χ4n) is 5.88. The quantitative estimate of drug-likeness (QED) is 0.149. The van der Waals surface area contributed by atoms with Crippen LogP contribution in [0.4, 0.5) is 0 Å². The molecule has 4 heteroatoms. The van der Waals surface area contributed by atoms with E-state index in [0.717, 1.165) is 54.1 Å². The highest BCUT2D eigenvalue weighted by Crippen LogP contribution is 2.45. The van der Waals surface area contributed by atoms with Gasteiger partial charge in [-0.1, -0.05) is 79.6 Å². The summed E-state index contributed by atoms with van der Waals surface area (Å²) in [6.07, 6.45) is 14.3. The Hall–Kier alpha value is -1.71. The molecule has 0 amide bonds. The number of rotatable bonds is 17. The van der Waals surface area contributed by atoms with Gasteiger partial charge in [-0.05, 0) is 87.8 Å². The molecule has 0 saturated heterocycles. The van der Waals surface area contributed by atoms with Gasteiger partial charge in [-0.25, -0.2) is 0 Å². The maximum absolute atomic E-state index is 11.4. The molecule has 3 atom stereocenters. The van der Waals surface area contributed by atoms with Crippen LogP contribution in [0.1, 0.15) is 134 Å². The average Bonchev–Trinajstić information content (AvgIpc) is 2.86.